The van der Waals surface area contributed by atoms with Crippen LogP contribution >= 0.6 is 15.9 Å². The maximum Gasteiger partial charge on any atom is 0.407 e. The van der Waals surface area contributed by atoms with E-state index >= 15 is 0 Å². The van der Waals surface area contributed by atoms with Crippen LogP contribution in [0.4, 0.5) is 4.79 Å². The number of amides is 1. The van der Waals surface area contributed by atoms with Crippen LogP contribution in [0, 0.1) is 5.92 Å². The lowest BCUT2D eigenvalue weighted by atomic mass is 10.0. The highest BCUT2D eigenvalue weighted by atomic mass is 79.9. The van der Waals surface area contributed by atoms with Crippen LogP contribution in [0.3, 0.4) is 0 Å². The largest absolute Gasteiger partial charge is 0.444 e. The van der Waals surface area contributed by atoms with Gasteiger partial charge in [-0.25, -0.2) is 4.79 Å². The minimum Gasteiger partial charge on any atom is -0.444 e. The van der Waals surface area contributed by atoms with Crippen molar-refractivity contribution in [1.29, 1.82) is 0 Å². The molecule has 0 bridgehead atoms. The lowest BCUT2D eigenvalue weighted by molar-refractivity contribution is 0.0492. The van der Waals surface area contributed by atoms with Gasteiger partial charge in [-0.1, -0.05) is 22.4 Å². The third-order valence-electron chi connectivity index (χ3n) is 2.84. The first-order valence-corrected chi connectivity index (χ1v) is 7.10. The molecule has 0 aromatic heterocycles. The van der Waals surface area contributed by atoms with Crippen LogP contribution in [0.2, 0.25) is 0 Å². The highest BCUT2D eigenvalue weighted by Gasteiger charge is 2.29. The Hall–Kier alpha value is -0.250. The number of nitrogens with one attached hydrogen (secondary N) is 1. The second-order valence-electron chi connectivity index (χ2n) is 5.42. The van der Waals surface area contributed by atoms with Gasteiger partial charge in [-0.05, 0) is 46.0 Å². The third-order valence-corrected chi connectivity index (χ3v) is 3.30. The molecule has 16 heavy (non-hydrogen) atoms. The molecule has 0 aromatic rings. The van der Waals surface area contributed by atoms with Crippen LogP contribution in [0.25, 0.3) is 0 Å². The molecular formula is C12H22BrNO2. The first-order chi connectivity index (χ1) is 7.42. The van der Waals surface area contributed by atoms with Gasteiger partial charge in [0.1, 0.15) is 5.60 Å². The van der Waals surface area contributed by atoms with Crippen molar-refractivity contribution < 1.29 is 9.53 Å². The summed E-state index contributed by atoms with van der Waals surface area (Å²) in [7, 11) is 0. The van der Waals surface area contributed by atoms with Crippen molar-refractivity contribution in [3.8, 4) is 0 Å². The van der Waals surface area contributed by atoms with Gasteiger partial charge in [0.2, 0.25) is 0 Å². The molecule has 0 aromatic carbocycles. The van der Waals surface area contributed by atoms with Crippen LogP contribution in [0.15, 0.2) is 0 Å². The molecule has 1 N–H and O–H groups in total. The number of carbonyl (C=O) groups excluding carboxylic acids is 1. The van der Waals surface area contributed by atoms with Gasteiger partial charge in [0, 0.05) is 11.4 Å². The Balaban J connectivity index is 2.38. The molecule has 0 heterocycles. The van der Waals surface area contributed by atoms with Gasteiger partial charge in [0.25, 0.3) is 0 Å². The van der Waals surface area contributed by atoms with Crippen LogP contribution in [-0.2, 0) is 4.74 Å². The lowest BCUT2D eigenvalue weighted by Crippen LogP contribution is -2.40. The molecule has 1 amide bonds. The van der Waals surface area contributed by atoms with Crippen molar-refractivity contribution in [2.45, 2.75) is 58.1 Å². The summed E-state index contributed by atoms with van der Waals surface area (Å²) < 4.78 is 5.26. The highest BCUT2D eigenvalue weighted by molar-refractivity contribution is 9.09. The van der Waals surface area contributed by atoms with E-state index in [4.69, 9.17) is 4.74 Å². The Labute approximate surface area is 106 Å². The number of hydrogen-bond donors (Lipinski definition) is 1. The van der Waals surface area contributed by atoms with Gasteiger partial charge in [0.05, 0.1) is 0 Å². The molecule has 4 heteroatoms. The van der Waals surface area contributed by atoms with Gasteiger partial charge < -0.3 is 10.1 Å². The summed E-state index contributed by atoms with van der Waals surface area (Å²) in [5.74, 6) is 0.604. The predicted molar refractivity (Wildman–Crippen MR) is 68.9 cm³/mol. The smallest absolute Gasteiger partial charge is 0.407 e. The summed E-state index contributed by atoms with van der Waals surface area (Å²) in [5.41, 5.74) is -0.409. The topological polar surface area (TPSA) is 38.3 Å². The molecule has 1 aliphatic rings. The number of hydrogen-bond acceptors (Lipinski definition) is 2. The first-order valence-electron chi connectivity index (χ1n) is 5.98. The minimum atomic E-state index is -0.409. The Morgan fingerprint density at radius 3 is 2.69 bits per heavy atom. The lowest BCUT2D eigenvalue weighted by Gasteiger charge is -2.24. The van der Waals surface area contributed by atoms with E-state index in [1.165, 1.54) is 12.8 Å². The Morgan fingerprint density at radius 1 is 1.44 bits per heavy atom. The van der Waals surface area contributed by atoms with Crippen molar-refractivity contribution in [3.63, 3.8) is 0 Å². The molecule has 1 fully saturated rings. The minimum absolute atomic E-state index is 0.279. The monoisotopic (exact) mass is 291 g/mol. The van der Waals surface area contributed by atoms with E-state index in [2.05, 4.69) is 21.2 Å². The average Bonchev–Trinajstić information content (AvgIpc) is 2.50. The van der Waals surface area contributed by atoms with Gasteiger partial charge in [-0.2, -0.15) is 0 Å². The number of ether oxygens (including phenoxy) is 1. The van der Waals surface area contributed by atoms with E-state index in [1.807, 2.05) is 20.8 Å². The van der Waals surface area contributed by atoms with Crippen LogP contribution in [0.1, 0.15) is 46.5 Å². The molecule has 3 nitrogen and oxygen atoms in total. The molecule has 0 aliphatic heterocycles. The molecule has 94 valence electrons. The number of alkyl halides is 1. The molecule has 1 aliphatic carbocycles. The summed E-state index contributed by atoms with van der Waals surface area (Å²) in [6.07, 6.45) is 4.35. The highest BCUT2D eigenvalue weighted by Crippen LogP contribution is 2.29. The van der Waals surface area contributed by atoms with Crippen LogP contribution in [0.5, 0.6) is 0 Å². The SMILES string of the molecule is CC(C)(C)OC(=O)NC1CCCC1CCBr. The van der Waals surface area contributed by atoms with E-state index in [0.29, 0.717) is 12.0 Å². The van der Waals surface area contributed by atoms with Crippen LogP contribution in [-0.4, -0.2) is 23.1 Å². The number of rotatable bonds is 3. The Morgan fingerprint density at radius 2 is 2.12 bits per heavy atom. The average molecular weight is 292 g/mol. The summed E-state index contributed by atoms with van der Waals surface area (Å²) >= 11 is 3.46. The fourth-order valence-electron chi connectivity index (χ4n) is 2.17. The molecule has 2 unspecified atom stereocenters. The van der Waals surface area contributed by atoms with Crippen molar-refractivity contribution in [2.75, 3.05) is 5.33 Å². The number of carbonyl (C=O) groups is 1. The fourth-order valence-corrected chi connectivity index (χ4v) is 2.76. The molecule has 0 spiro atoms. The van der Waals surface area contributed by atoms with Gasteiger partial charge in [-0.15, -0.1) is 0 Å². The maximum absolute atomic E-state index is 11.6. The number of alkyl carbamates (subject to hydrolysis) is 1. The van der Waals surface area contributed by atoms with Gasteiger partial charge in [-0.3, -0.25) is 0 Å². The van der Waals surface area contributed by atoms with Crippen molar-refractivity contribution in [3.05, 3.63) is 0 Å². The van der Waals surface area contributed by atoms with Crippen LogP contribution < -0.4 is 5.32 Å². The normalized spacial score (nSPS) is 25.5. The zero-order valence-corrected chi connectivity index (χ0v) is 12.0. The molecular weight excluding hydrogens is 270 g/mol. The van der Waals surface area contributed by atoms with E-state index in [1.54, 1.807) is 0 Å². The summed E-state index contributed by atoms with van der Waals surface area (Å²) in [5, 5.41) is 3.99. The summed E-state index contributed by atoms with van der Waals surface area (Å²) in [6.45, 7) is 5.66. The predicted octanol–water partition coefficient (Wildman–Crippen LogP) is 3.46. The number of halogens is 1. The maximum atomic E-state index is 11.6. The zero-order chi connectivity index (χ0) is 12.2. The second-order valence-corrected chi connectivity index (χ2v) is 6.21. The van der Waals surface area contributed by atoms with E-state index in [9.17, 15) is 4.79 Å². The van der Waals surface area contributed by atoms with Crippen molar-refractivity contribution >= 4 is 22.0 Å². The summed E-state index contributed by atoms with van der Waals surface area (Å²) in [6, 6.07) is 0.299. The third kappa shape index (κ3) is 4.73. The second kappa shape index (κ2) is 5.89. The van der Waals surface area contributed by atoms with E-state index < -0.39 is 5.60 Å². The molecule has 1 rings (SSSR count). The van der Waals surface area contributed by atoms with E-state index in [-0.39, 0.29) is 6.09 Å². The molecule has 2 atom stereocenters. The standard InChI is InChI=1S/C12H22BrNO2/c1-12(2,3)16-11(15)14-10-6-4-5-9(10)7-8-13/h9-10H,4-8H2,1-3H3,(H,14,15). The summed E-state index contributed by atoms with van der Waals surface area (Å²) in [4.78, 5) is 11.6. The zero-order valence-electron chi connectivity index (χ0n) is 10.4. The molecule has 0 saturated heterocycles. The quantitative estimate of drug-likeness (QED) is 0.809. The van der Waals surface area contributed by atoms with E-state index in [0.717, 1.165) is 18.2 Å². The molecule has 1 saturated carbocycles. The van der Waals surface area contributed by atoms with Gasteiger partial charge in [0.15, 0.2) is 0 Å². The van der Waals surface area contributed by atoms with Gasteiger partial charge >= 0.3 is 6.09 Å². The Kier molecular flexibility index (Phi) is 5.09. The Bertz CT molecular complexity index is 238. The molecule has 0 radical (unpaired) electrons. The fraction of sp³-hybridized carbons (Fsp3) is 0.917. The first kappa shape index (κ1) is 13.8. The van der Waals surface area contributed by atoms with Crippen molar-refractivity contribution in [1.82, 2.24) is 5.32 Å². The van der Waals surface area contributed by atoms with Crippen molar-refractivity contribution in [2.24, 2.45) is 5.92 Å².